The number of carbonyl (C=O) groups excluding carboxylic acids is 1. The zero-order chi connectivity index (χ0) is 13.1. The number of nitrogens with zero attached hydrogens (tertiary/aromatic N) is 1. The second-order valence-electron chi connectivity index (χ2n) is 4.80. The Kier molecular flexibility index (Phi) is 3.84. The first-order valence-electron chi connectivity index (χ1n) is 6.40. The fourth-order valence-corrected chi connectivity index (χ4v) is 2.47. The molecule has 2 rings (SSSR count). The number of likely N-dealkylation sites (tertiary alicyclic amines) is 1. The Balaban J connectivity index is 2.20. The van der Waals surface area contributed by atoms with E-state index in [1.165, 1.54) is 18.2 Å². The van der Waals surface area contributed by atoms with Crippen molar-refractivity contribution in [3.63, 3.8) is 0 Å². The fourth-order valence-electron chi connectivity index (χ4n) is 2.47. The van der Waals surface area contributed by atoms with Crippen LogP contribution in [-0.2, 0) is 0 Å². The molecule has 1 aliphatic heterocycles. The Morgan fingerprint density at radius 1 is 1.56 bits per heavy atom. The molecule has 0 saturated carbocycles. The van der Waals surface area contributed by atoms with Gasteiger partial charge in [0.2, 0.25) is 0 Å². The van der Waals surface area contributed by atoms with Gasteiger partial charge in [-0.05, 0) is 30.9 Å². The van der Waals surface area contributed by atoms with Crippen LogP contribution in [0.15, 0.2) is 18.2 Å². The number of phenolic OH excluding ortho intramolecular Hbond substituents is 1. The molecule has 0 spiro atoms. The van der Waals surface area contributed by atoms with Crippen LogP contribution < -0.4 is 0 Å². The lowest BCUT2D eigenvalue weighted by Crippen LogP contribution is -2.40. The molecule has 98 valence electrons. The molecule has 18 heavy (non-hydrogen) atoms. The number of carbonyl (C=O) groups is 1. The normalized spacial score (nSPS) is 19.9. The molecule has 4 heteroatoms. The molecule has 1 aliphatic rings. The van der Waals surface area contributed by atoms with E-state index in [1.807, 2.05) is 0 Å². The summed E-state index contributed by atoms with van der Waals surface area (Å²) in [7, 11) is 0. The van der Waals surface area contributed by atoms with Crippen molar-refractivity contribution in [1.82, 2.24) is 4.90 Å². The van der Waals surface area contributed by atoms with E-state index >= 15 is 0 Å². The Morgan fingerprint density at radius 3 is 3.00 bits per heavy atom. The molecule has 1 aromatic rings. The summed E-state index contributed by atoms with van der Waals surface area (Å²) in [4.78, 5) is 13.9. The van der Waals surface area contributed by atoms with Crippen LogP contribution in [0.25, 0.3) is 0 Å². The summed E-state index contributed by atoms with van der Waals surface area (Å²) in [5, 5.41) is 9.63. The maximum Gasteiger partial charge on any atom is 0.260 e. The van der Waals surface area contributed by atoms with E-state index in [0.29, 0.717) is 19.0 Å². The molecule has 1 N–H and O–H groups in total. The highest BCUT2D eigenvalue weighted by Gasteiger charge is 2.27. The van der Waals surface area contributed by atoms with Gasteiger partial charge in [-0.25, -0.2) is 4.39 Å². The van der Waals surface area contributed by atoms with Gasteiger partial charge in [0.1, 0.15) is 17.1 Å². The predicted molar refractivity (Wildman–Crippen MR) is 67.0 cm³/mol. The lowest BCUT2D eigenvalue weighted by atomic mass is 9.95. The number of halogens is 1. The highest BCUT2D eigenvalue weighted by molar-refractivity contribution is 5.97. The lowest BCUT2D eigenvalue weighted by molar-refractivity contribution is 0.0663. The topological polar surface area (TPSA) is 40.5 Å². The molecular weight excluding hydrogens is 233 g/mol. The average molecular weight is 251 g/mol. The molecule has 1 amide bonds. The Bertz CT molecular complexity index is 427. The summed E-state index contributed by atoms with van der Waals surface area (Å²) in [6, 6.07) is 3.94. The first kappa shape index (κ1) is 12.9. The zero-order valence-electron chi connectivity index (χ0n) is 10.5. The van der Waals surface area contributed by atoms with Crippen molar-refractivity contribution in [2.24, 2.45) is 5.92 Å². The van der Waals surface area contributed by atoms with Crippen LogP contribution in [0.5, 0.6) is 5.75 Å². The molecule has 1 saturated heterocycles. The van der Waals surface area contributed by atoms with Gasteiger partial charge < -0.3 is 10.0 Å². The van der Waals surface area contributed by atoms with Crippen molar-refractivity contribution in [3.05, 3.63) is 29.6 Å². The monoisotopic (exact) mass is 251 g/mol. The third-order valence-electron chi connectivity index (χ3n) is 3.59. The number of rotatable bonds is 2. The van der Waals surface area contributed by atoms with Crippen LogP contribution in [0, 0.1) is 11.7 Å². The highest BCUT2D eigenvalue weighted by atomic mass is 19.1. The molecule has 0 aliphatic carbocycles. The van der Waals surface area contributed by atoms with Crippen molar-refractivity contribution in [2.45, 2.75) is 26.2 Å². The molecule has 1 unspecified atom stereocenters. The molecule has 1 heterocycles. The van der Waals surface area contributed by atoms with Crippen molar-refractivity contribution in [2.75, 3.05) is 13.1 Å². The summed E-state index contributed by atoms with van der Waals surface area (Å²) >= 11 is 0. The van der Waals surface area contributed by atoms with Crippen LogP contribution in [0.1, 0.15) is 36.5 Å². The SMILES string of the molecule is CCC1CCCN(C(=O)c2c(O)cccc2F)C1. The van der Waals surface area contributed by atoms with E-state index in [0.717, 1.165) is 19.3 Å². The van der Waals surface area contributed by atoms with Gasteiger partial charge in [0, 0.05) is 13.1 Å². The van der Waals surface area contributed by atoms with Gasteiger partial charge in [0.05, 0.1) is 0 Å². The third kappa shape index (κ3) is 2.47. The lowest BCUT2D eigenvalue weighted by Gasteiger charge is -2.32. The van der Waals surface area contributed by atoms with Gasteiger partial charge in [-0.2, -0.15) is 0 Å². The van der Waals surface area contributed by atoms with Crippen molar-refractivity contribution in [3.8, 4) is 5.75 Å². The summed E-state index contributed by atoms with van der Waals surface area (Å²) in [5.41, 5.74) is -0.200. The van der Waals surface area contributed by atoms with Gasteiger partial charge in [0.15, 0.2) is 0 Å². The second kappa shape index (κ2) is 5.38. The highest BCUT2D eigenvalue weighted by Crippen LogP contribution is 2.25. The van der Waals surface area contributed by atoms with E-state index in [1.54, 1.807) is 4.90 Å². The maximum absolute atomic E-state index is 13.6. The van der Waals surface area contributed by atoms with Gasteiger partial charge in [-0.3, -0.25) is 4.79 Å². The first-order valence-corrected chi connectivity index (χ1v) is 6.40. The molecule has 1 atom stereocenters. The summed E-state index contributed by atoms with van der Waals surface area (Å²) in [6.07, 6.45) is 3.08. The standard InChI is InChI=1S/C14H18FNO2/c1-2-10-5-4-8-16(9-10)14(18)13-11(15)6-3-7-12(13)17/h3,6-7,10,17H,2,4-5,8-9H2,1H3. The smallest absolute Gasteiger partial charge is 0.260 e. The molecular formula is C14H18FNO2. The maximum atomic E-state index is 13.6. The van der Waals surface area contributed by atoms with Crippen LogP contribution in [-0.4, -0.2) is 29.0 Å². The van der Waals surface area contributed by atoms with Crippen molar-refractivity contribution >= 4 is 5.91 Å². The van der Waals surface area contributed by atoms with Crippen LogP contribution in [0.3, 0.4) is 0 Å². The largest absolute Gasteiger partial charge is 0.507 e. The number of hydrogen-bond donors (Lipinski definition) is 1. The average Bonchev–Trinajstić information content (AvgIpc) is 2.38. The number of aromatic hydroxyl groups is 1. The Labute approximate surface area is 106 Å². The minimum atomic E-state index is -0.654. The molecule has 0 aromatic heterocycles. The first-order chi connectivity index (χ1) is 8.63. The molecule has 1 fully saturated rings. The zero-order valence-corrected chi connectivity index (χ0v) is 10.5. The number of benzene rings is 1. The van der Waals surface area contributed by atoms with Gasteiger partial charge in [-0.1, -0.05) is 19.4 Å². The number of piperidine rings is 1. The summed E-state index contributed by atoms with van der Waals surface area (Å²) in [5.74, 6) is -0.849. The third-order valence-corrected chi connectivity index (χ3v) is 3.59. The van der Waals surface area contributed by atoms with Gasteiger partial charge in [0.25, 0.3) is 5.91 Å². The summed E-state index contributed by atoms with van der Waals surface area (Å²) < 4.78 is 13.6. The minimum Gasteiger partial charge on any atom is -0.507 e. The minimum absolute atomic E-state index is 0.200. The summed E-state index contributed by atoms with van der Waals surface area (Å²) in [6.45, 7) is 3.39. The van der Waals surface area contributed by atoms with Crippen LogP contribution in [0.2, 0.25) is 0 Å². The quantitative estimate of drug-likeness (QED) is 0.878. The van der Waals surface area contributed by atoms with E-state index in [2.05, 4.69) is 6.92 Å². The molecule has 3 nitrogen and oxygen atoms in total. The van der Waals surface area contributed by atoms with Crippen molar-refractivity contribution in [1.29, 1.82) is 0 Å². The van der Waals surface area contributed by atoms with E-state index in [4.69, 9.17) is 0 Å². The van der Waals surface area contributed by atoms with Crippen LogP contribution >= 0.6 is 0 Å². The molecule has 0 bridgehead atoms. The molecule has 1 aromatic carbocycles. The second-order valence-corrected chi connectivity index (χ2v) is 4.80. The van der Waals surface area contributed by atoms with E-state index < -0.39 is 11.7 Å². The van der Waals surface area contributed by atoms with Gasteiger partial charge in [-0.15, -0.1) is 0 Å². The molecule has 0 radical (unpaired) electrons. The fraction of sp³-hybridized carbons (Fsp3) is 0.500. The van der Waals surface area contributed by atoms with Crippen LogP contribution in [0.4, 0.5) is 4.39 Å². The van der Waals surface area contributed by atoms with E-state index in [-0.39, 0.29) is 11.3 Å². The Morgan fingerprint density at radius 2 is 2.33 bits per heavy atom. The Hall–Kier alpha value is -1.58. The number of amides is 1. The number of hydrogen-bond acceptors (Lipinski definition) is 2. The van der Waals surface area contributed by atoms with Gasteiger partial charge >= 0.3 is 0 Å². The number of phenols is 1. The van der Waals surface area contributed by atoms with Crippen molar-refractivity contribution < 1.29 is 14.3 Å². The van der Waals surface area contributed by atoms with E-state index in [9.17, 15) is 14.3 Å². The predicted octanol–water partition coefficient (Wildman–Crippen LogP) is 2.79.